The number of thiazole rings is 1. The minimum atomic E-state index is -0.983. The smallest absolute Gasteiger partial charge is 0.304 e. The molecule has 0 radical (unpaired) electrons. The first-order valence-electron chi connectivity index (χ1n) is 14.5. The standard InChI is InChI=1S/C34H32N4O4S/c39-31-14-8-18-37(31)30-16-15-25(21-35-30)26-12-4-5-13-27(26)29-22-43-34(36-29)38-17-7-6-11-24(19-23-9-2-1-3-10-23)28(33(38)42)20-32(40)41/h1-7,9-10,12-13,15-16,21-22,24,28H,8,11,14,17-20H2,(H,40,41)/b7-6-/t24-,28+/m1/s1. The number of hydrogen-bond acceptors (Lipinski definition) is 6. The van der Waals surface area contributed by atoms with Gasteiger partial charge in [0.05, 0.1) is 18.0 Å². The summed E-state index contributed by atoms with van der Waals surface area (Å²) in [4.78, 5) is 50.9. The zero-order valence-corrected chi connectivity index (χ0v) is 24.5. The number of hydrogen-bond donors (Lipinski definition) is 1. The number of allylic oxidation sites excluding steroid dienone is 1. The van der Waals surface area contributed by atoms with Gasteiger partial charge in [-0.1, -0.05) is 66.7 Å². The molecule has 0 spiro atoms. The summed E-state index contributed by atoms with van der Waals surface area (Å²) in [6.45, 7) is 1.02. The Bertz CT molecular complexity index is 1650. The van der Waals surface area contributed by atoms with Crippen molar-refractivity contribution in [2.75, 3.05) is 22.9 Å². The Labute approximate surface area is 254 Å². The molecule has 9 heteroatoms. The van der Waals surface area contributed by atoms with Crippen LogP contribution >= 0.6 is 11.3 Å². The first kappa shape index (κ1) is 28.5. The highest BCUT2D eigenvalue weighted by atomic mass is 32.1. The summed E-state index contributed by atoms with van der Waals surface area (Å²) in [5.41, 5.74) is 4.55. The Hall–Kier alpha value is -4.63. The zero-order chi connectivity index (χ0) is 29.8. The molecule has 4 heterocycles. The van der Waals surface area contributed by atoms with E-state index in [-0.39, 0.29) is 24.2 Å². The molecule has 1 fully saturated rings. The van der Waals surface area contributed by atoms with Crippen molar-refractivity contribution < 1.29 is 19.5 Å². The average molecular weight is 593 g/mol. The molecule has 2 aliphatic heterocycles. The molecular weight excluding hydrogens is 560 g/mol. The highest BCUT2D eigenvalue weighted by Crippen LogP contribution is 2.37. The number of aliphatic carboxylic acids is 1. The number of carboxylic acid groups (broad SMARTS) is 1. The highest BCUT2D eigenvalue weighted by molar-refractivity contribution is 7.14. The molecule has 2 aliphatic rings. The second-order valence-electron chi connectivity index (χ2n) is 10.9. The maximum Gasteiger partial charge on any atom is 0.304 e. The number of benzene rings is 2. The molecule has 2 aromatic heterocycles. The van der Waals surface area contributed by atoms with E-state index in [0.717, 1.165) is 34.4 Å². The fraction of sp³-hybridized carbons (Fsp3) is 0.265. The molecule has 0 aliphatic carbocycles. The molecule has 0 saturated carbocycles. The van der Waals surface area contributed by atoms with Crippen molar-refractivity contribution in [3.05, 3.63) is 96.0 Å². The van der Waals surface area contributed by atoms with Gasteiger partial charge in [0.15, 0.2) is 5.13 Å². The molecule has 1 N–H and O–H groups in total. The van der Waals surface area contributed by atoms with Crippen LogP contribution in [0.2, 0.25) is 0 Å². The van der Waals surface area contributed by atoms with Gasteiger partial charge in [-0.3, -0.25) is 24.2 Å². The van der Waals surface area contributed by atoms with Gasteiger partial charge in [-0.2, -0.15) is 0 Å². The Balaban J connectivity index is 1.28. The Morgan fingerprint density at radius 3 is 2.47 bits per heavy atom. The number of carbonyl (C=O) groups excluding carboxylic acids is 2. The first-order chi connectivity index (χ1) is 21.0. The summed E-state index contributed by atoms with van der Waals surface area (Å²) < 4.78 is 0. The van der Waals surface area contributed by atoms with E-state index < -0.39 is 11.9 Å². The number of aromatic nitrogens is 2. The topological polar surface area (TPSA) is 104 Å². The van der Waals surface area contributed by atoms with Gasteiger partial charge in [0.25, 0.3) is 0 Å². The number of nitrogens with zero attached hydrogens (tertiary/aromatic N) is 4. The normalized spacial score (nSPS) is 19.7. The Morgan fingerprint density at radius 1 is 0.953 bits per heavy atom. The van der Waals surface area contributed by atoms with Crippen LogP contribution in [0, 0.1) is 11.8 Å². The van der Waals surface area contributed by atoms with Crippen LogP contribution in [0.4, 0.5) is 10.9 Å². The molecule has 2 aromatic carbocycles. The molecule has 0 bridgehead atoms. The van der Waals surface area contributed by atoms with E-state index in [9.17, 15) is 19.5 Å². The maximum atomic E-state index is 14.0. The summed E-state index contributed by atoms with van der Waals surface area (Å²) in [7, 11) is 0. The van der Waals surface area contributed by atoms with Gasteiger partial charge in [0, 0.05) is 42.2 Å². The van der Waals surface area contributed by atoms with Crippen molar-refractivity contribution in [3.8, 4) is 22.4 Å². The third-order valence-electron chi connectivity index (χ3n) is 8.12. The van der Waals surface area contributed by atoms with Crippen LogP contribution in [0.25, 0.3) is 22.4 Å². The monoisotopic (exact) mass is 592 g/mol. The summed E-state index contributed by atoms with van der Waals surface area (Å²) in [5.74, 6) is -1.25. The van der Waals surface area contributed by atoms with Crippen molar-refractivity contribution in [2.45, 2.75) is 32.1 Å². The summed E-state index contributed by atoms with van der Waals surface area (Å²) >= 11 is 1.37. The average Bonchev–Trinajstić information content (AvgIpc) is 3.68. The van der Waals surface area contributed by atoms with E-state index in [1.54, 1.807) is 16.0 Å². The highest BCUT2D eigenvalue weighted by Gasteiger charge is 2.35. The van der Waals surface area contributed by atoms with Crippen molar-refractivity contribution >= 4 is 40.1 Å². The van der Waals surface area contributed by atoms with E-state index in [2.05, 4.69) is 11.1 Å². The van der Waals surface area contributed by atoms with Gasteiger partial charge in [-0.25, -0.2) is 9.97 Å². The SMILES string of the molecule is O=C(O)C[C@@H]1C(=O)N(c2nc(-c3ccccc3-c3ccc(N4CCCC4=O)nc3)cs2)C/C=C\C[C@@H]1Cc1ccccc1. The number of rotatable bonds is 8. The summed E-state index contributed by atoms with van der Waals surface area (Å²) in [6.07, 6.45) is 8.24. The fourth-order valence-electron chi connectivity index (χ4n) is 5.93. The molecule has 6 rings (SSSR count). The summed E-state index contributed by atoms with van der Waals surface area (Å²) in [6, 6.07) is 21.6. The number of amides is 2. The van der Waals surface area contributed by atoms with Crippen LogP contribution in [-0.2, 0) is 20.8 Å². The zero-order valence-electron chi connectivity index (χ0n) is 23.6. The van der Waals surface area contributed by atoms with Crippen LogP contribution in [0.5, 0.6) is 0 Å². The van der Waals surface area contributed by atoms with Gasteiger partial charge in [0.2, 0.25) is 11.8 Å². The molecule has 43 heavy (non-hydrogen) atoms. The van der Waals surface area contributed by atoms with Crippen LogP contribution < -0.4 is 9.80 Å². The van der Waals surface area contributed by atoms with Gasteiger partial charge >= 0.3 is 5.97 Å². The van der Waals surface area contributed by atoms with Gasteiger partial charge in [-0.05, 0) is 48.4 Å². The maximum absolute atomic E-state index is 14.0. The Kier molecular flexibility index (Phi) is 8.42. The van der Waals surface area contributed by atoms with Crippen molar-refractivity contribution in [1.29, 1.82) is 0 Å². The summed E-state index contributed by atoms with van der Waals surface area (Å²) in [5, 5.41) is 12.2. The fourth-order valence-corrected chi connectivity index (χ4v) is 6.77. The predicted molar refractivity (Wildman–Crippen MR) is 168 cm³/mol. The van der Waals surface area contributed by atoms with Crippen LogP contribution in [0.3, 0.4) is 0 Å². The van der Waals surface area contributed by atoms with E-state index in [0.29, 0.717) is 43.3 Å². The lowest BCUT2D eigenvalue weighted by atomic mass is 9.80. The second-order valence-corrected chi connectivity index (χ2v) is 11.8. The quantitative estimate of drug-likeness (QED) is 0.243. The Morgan fingerprint density at radius 2 is 1.74 bits per heavy atom. The van der Waals surface area contributed by atoms with Gasteiger partial charge < -0.3 is 5.11 Å². The third kappa shape index (κ3) is 6.27. The van der Waals surface area contributed by atoms with Crippen LogP contribution in [-0.4, -0.2) is 45.9 Å². The molecule has 1 saturated heterocycles. The van der Waals surface area contributed by atoms with Gasteiger partial charge in [-0.15, -0.1) is 11.3 Å². The molecule has 218 valence electrons. The molecular formula is C34H32N4O4S. The second kappa shape index (κ2) is 12.7. The predicted octanol–water partition coefficient (Wildman–Crippen LogP) is 6.24. The lowest BCUT2D eigenvalue weighted by molar-refractivity contribution is -0.141. The molecule has 8 nitrogen and oxygen atoms in total. The van der Waals surface area contributed by atoms with E-state index in [4.69, 9.17) is 4.98 Å². The largest absolute Gasteiger partial charge is 0.481 e. The number of carboxylic acids is 1. The first-order valence-corrected chi connectivity index (χ1v) is 15.4. The molecule has 2 atom stereocenters. The van der Waals surface area contributed by atoms with Crippen LogP contribution in [0.15, 0.2) is 90.5 Å². The third-order valence-corrected chi connectivity index (χ3v) is 8.98. The minimum Gasteiger partial charge on any atom is -0.481 e. The van der Waals surface area contributed by atoms with Crippen molar-refractivity contribution in [3.63, 3.8) is 0 Å². The van der Waals surface area contributed by atoms with E-state index in [1.165, 1.54) is 11.3 Å². The van der Waals surface area contributed by atoms with E-state index in [1.807, 2.05) is 78.2 Å². The lowest BCUT2D eigenvalue weighted by Gasteiger charge is -2.31. The minimum absolute atomic E-state index is 0.0984. The number of anilines is 2. The number of pyridine rings is 1. The van der Waals surface area contributed by atoms with Crippen LogP contribution in [0.1, 0.15) is 31.2 Å². The number of carbonyl (C=O) groups is 3. The molecule has 0 unspecified atom stereocenters. The van der Waals surface area contributed by atoms with Crippen molar-refractivity contribution in [2.24, 2.45) is 11.8 Å². The van der Waals surface area contributed by atoms with Crippen molar-refractivity contribution in [1.82, 2.24) is 9.97 Å². The molecule has 4 aromatic rings. The van der Waals surface area contributed by atoms with E-state index >= 15 is 0 Å². The molecule has 2 amide bonds. The van der Waals surface area contributed by atoms with Gasteiger partial charge in [0.1, 0.15) is 5.82 Å². The lowest BCUT2D eigenvalue weighted by Crippen LogP contribution is -2.42.